The van der Waals surface area contributed by atoms with Crippen LogP contribution in [0.1, 0.15) is 25.0 Å². The molecule has 2 aromatic rings. The zero-order valence-corrected chi connectivity index (χ0v) is 16.2. The van der Waals surface area contributed by atoms with Gasteiger partial charge in [-0.05, 0) is 49.6 Å². The molecule has 0 radical (unpaired) electrons. The number of hydrogen-bond donors (Lipinski definition) is 1. The Bertz CT molecular complexity index is 865. The van der Waals surface area contributed by atoms with Crippen molar-refractivity contribution in [3.63, 3.8) is 0 Å². The van der Waals surface area contributed by atoms with Crippen LogP contribution in [0.25, 0.3) is 0 Å². The Kier molecular flexibility index (Phi) is 5.26. The van der Waals surface area contributed by atoms with Crippen molar-refractivity contribution < 1.29 is 9.59 Å². The molecule has 0 bridgehead atoms. The fourth-order valence-corrected chi connectivity index (χ4v) is 3.32. The number of nitrogens with zero attached hydrogens (tertiary/aromatic N) is 1. The molecule has 2 amide bonds. The summed E-state index contributed by atoms with van der Waals surface area (Å²) in [5.41, 5.74) is 1.70. The van der Waals surface area contributed by atoms with E-state index in [0.29, 0.717) is 28.8 Å². The van der Waals surface area contributed by atoms with Gasteiger partial charge in [0, 0.05) is 18.8 Å². The number of anilines is 1. The molecule has 4 nitrogen and oxygen atoms in total. The molecule has 1 heterocycles. The highest BCUT2D eigenvalue weighted by Gasteiger charge is 2.40. The third-order valence-corrected chi connectivity index (χ3v) is 5.44. The third kappa shape index (κ3) is 3.71. The second-order valence-corrected chi connectivity index (χ2v) is 7.77. The largest absolute Gasteiger partial charge is 0.337 e. The number of fused-ring (bicyclic) bond motifs is 1. The zero-order valence-electron chi connectivity index (χ0n) is 14.7. The number of amides is 2. The van der Waals surface area contributed by atoms with Crippen LogP contribution < -0.4 is 5.32 Å². The second kappa shape index (κ2) is 7.29. The molecule has 1 N–H and O–H groups in total. The molecule has 6 heteroatoms. The number of halogens is 2. The lowest BCUT2D eigenvalue weighted by Crippen LogP contribution is -2.48. The first-order valence-electron chi connectivity index (χ1n) is 8.41. The van der Waals surface area contributed by atoms with Crippen molar-refractivity contribution in [2.75, 3.05) is 11.9 Å². The summed E-state index contributed by atoms with van der Waals surface area (Å²) >= 11 is 11.9. The molecule has 0 saturated carbocycles. The van der Waals surface area contributed by atoms with E-state index in [1.54, 1.807) is 36.9 Å². The molecule has 1 aliphatic heterocycles. The highest BCUT2D eigenvalue weighted by Crippen LogP contribution is 2.29. The van der Waals surface area contributed by atoms with E-state index >= 15 is 0 Å². The first kappa shape index (κ1) is 18.7. The Hall–Kier alpha value is -2.04. The highest BCUT2D eigenvalue weighted by molar-refractivity contribution is 6.42. The molecule has 0 fully saturated rings. The van der Waals surface area contributed by atoms with Gasteiger partial charge in [-0.2, -0.15) is 0 Å². The fraction of sp³-hybridized carbons (Fsp3) is 0.300. The van der Waals surface area contributed by atoms with Crippen molar-refractivity contribution in [2.45, 2.75) is 26.8 Å². The van der Waals surface area contributed by atoms with Crippen LogP contribution in [0.4, 0.5) is 5.69 Å². The molecular weight excluding hydrogens is 371 g/mol. The van der Waals surface area contributed by atoms with E-state index in [2.05, 4.69) is 11.4 Å². The summed E-state index contributed by atoms with van der Waals surface area (Å²) in [6, 6.07) is 12.9. The normalized spacial score (nSPS) is 13.9. The smallest absolute Gasteiger partial charge is 0.239 e. The van der Waals surface area contributed by atoms with E-state index in [0.717, 1.165) is 12.0 Å². The van der Waals surface area contributed by atoms with Crippen molar-refractivity contribution in [3.05, 3.63) is 63.6 Å². The van der Waals surface area contributed by atoms with Crippen LogP contribution in [0.3, 0.4) is 0 Å². The number of benzene rings is 2. The van der Waals surface area contributed by atoms with Gasteiger partial charge >= 0.3 is 0 Å². The maximum Gasteiger partial charge on any atom is 0.239 e. The quantitative estimate of drug-likeness (QED) is 0.781. The van der Waals surface area contributed by atoms with Gasteiger partial charge in [0.25, 0.3) is 0 Å². The molecule has 0 atom stereocenters. The molecule has 1 aliphatic rings. The summed E-state index contributed by atoms with van der Waals surface area (Å²) in [7, 11) is 0. The van der Waals surface area contributed by atoms with Crippen molar-refractivity contribution in [2.24, 2.45) is 5.41 Å². The number of hydrogen-bond acceptors (Lipinski definition) is 2. The number of carbonyl (C=O) groups is 2. The van der Waals surface area contributed by atoms with Crippen LogP contribution in [0, 0.1) is 5.41 Å². The van der Waals surface area contributed by atoms with Gasteiger partial charge in [-0.3, -0.25) is 9.59 Å². The molecule has 136 valence electrons. The first-order valence-corrected chi connectivity index (χ1v) is 9.17. The van der Waals surface area contributed by atoms with Gasteiger partial charge < -0.3 is 10.2 Å². The summed E-state index contributed by atoms with van der Waals surface area (Å²) in [6.45, 7) is 4.42. The van der Waals surface area contributed by atoms with Gasteiger partial charge in [0.05, 0.1) is 10.0 Å². The molecule has 0 unspecified atom stereocenters. The van der Waals surface area contributed by atoms with Crippen LogP contribution in [-0.2, 0) is 22.6 Å². The molecule has 0 aromatic heterocycles. The van der Waals surface area contributed by atoms with E-state index in [1.165, 1.54) is 5.56 Å². The number of rotatable bonds is 3. The zero-order chi connectivity index (χ0) is 18.9. The minimum atomic E-state index is -1.20. The Morgan fingerprint density at radius 3 is 2.42 bits per heavy atom. The summed E-state index contributed by atoms with van der Waals surface area (Å²) in [5, 5.41) is 3.52. The average Bonchev–Trinajstić information content (AvgIpc) is 2.63. The van der Waals surface area contributed by atoms with Crippen LogP contribution in [0.5, 0.6) is 0 Å². The summed E-state index contributed by atoms with van der Waals surface area (Å²) < 4.78 is 0. The topological polar surface area (TPSA) is 49.4 Å². The fourth-order valence-electron chi connectivity index (χ4n) is 3.02. The predicted octanol–water partition coefficient (Wildman–Crippen LogP) is 4.54. The number of carbonyl (C=O) groups excluding carboxylic acids is 2. The Labute approximate surface area is 163 Å². The minimum absolute atomic E-state index is 0.190. The highest BCUT2D eigenvalue weighted by atomic mass is 35.5. The van der Waals surface area contributed by atoms with Crippen LogP contribution in [0.2, 0.25) is 10.0 Å². The molecule has 26 heavy (non-hydrogen) atoms. The summed E-state index contributed by atoms with van der Waals surface area (Å²) in [4.78, 5) is 27.5. The van der Waals surface area contributed by atoms with Gasteiger partial charge in [-0.25, -0.2) is 0 Å². The first-order chi connectivity index (χ1) is 12.3. The summed E-state index contributed by atoms with van der Waals surface area (Å²) in [6.07, 6.45) is 0.798. The molecule has 0 spiro atoms. The number of nitrogens with one attached hydrogen (secondary N) is 1. The van der Waals surface area contributed by atoms with Crippen LogP contribution >= 0.6 is 23.2 Å². The van der Waals surface area contributed by atoms with Crippen LogP contribution in [0.15, 0.2) is 42.5 Å². The van der Waals surface area contributed by atoms with E-state index in [4.69, 9.17) is 23.2 Å². The van der Waals surface area contributed by atoms with E-state index in [-0.39, 0.29) is 11.8 Å². The van der Waals surface area contributed by atoms with Gasteiger partial charge in [-0.1, -0.05) is 47.5 Å². The van der Waals surface area contributed by atoms with E-state index < -0.39 is 5.41 Å². The van der Waals surface area contributed by atoms with Gasteiger partial charge in [-0.15, -0.1) is 0 Å². The van der Waals surface area contributed by atoms with Crippen molar-refractivity contribution in [3.8, 4) is 0 Å². The second-order valence-electron chi connectivity index (χ2n) is 6.95. The van der Waals surface area contributed by atoms with Crippen molar-refractivity contribution in [1.29, 1.82) is 0 Å². The predicted molar refractivity (Wildman–Crippen MR) is 104 cm³/mol. The summed E-state index contributed by atoms with van der Waals surface area (Å²) in [5.74, 6) is -0.565. The lowest BCUT2D eigenvalue weighted by atomic mass is 9.88. The van der Waals surface area contributed by atoms with Gasteiger partial charge in [0.2, 0.25) is 11.8 Å². The van der Waals surface area contributed by atoms with Crippen molar-refractivity contribution >= 4 is 40.7 Å². The molecule has 0 aliphatic carbocycles. The lowest BCUT2D eigenvalue weighted by molar-refractivity contribution is -0.147. The van der Waals surface area contributed by atoms with E-state index in [9.17, 15) is 9.59 Å². The SMILES string of the molecule is CC(C)(C(=O)Nc1ccc(Cl)c(Cl)c1)C(=O)N1CCc2ccccc2C1. The Morgan fingerprint density at radius 2 is 1.73 bits per heavy atom. The van der Waals surface area contributed by atoms with Gasteiger partial charge in [0.1, 0.15) is 5.41 Å². The maximum absolute atomic E-state index is 13.0. The van der Waals surface area contributed by atoms with E-state index in [1.807, 2.05) is 18.2 Å². The average molecular weight is 391 g/mol. The molecule has 3 rings (SSSR count). The maximum atomic E-state index is 13.0. The van der Waals surface area contributed by atoms with Gasteiger partial charge in [0.15, 0.2) is 0 Å². The standard InChI is InChI=1S/C20H20Cl2N2O2/c1-20(2,18(25)23-15-7-8-16(21)17(22)11-15)19(26)24-10-9-13-5-3-4-6-14(13)12-24/h3-8,11H,9-10,12H2,1-2H3,(H,23,25). The lowest BCUT2D eigenvalue weighted by Gasteiger charge is -2.34. The van der Waals surface area contributed by atoms with Crippen molar-refractivity contribution in [1.82, 2.24) is 4.90 Å². The molecule has 2 aromatic carbocycles. The molecular formula is C20H20Cl2N2O2. The Balaban J connectivity index is 1.73. The third-order valence-electron chi connectivity index (χ3n) is 4.70. The monoisotopic (exact) mass is 390 g/mol. The molecule has 0 saturated heterocycles. The van der Waals surface area contributed by atoms with Crippen LogP contribution in [-0.4, -0.2) is 23.3 Å². The Morgan fingerprint density at radius 1 is 1.04 bits per heavy atom. The minimum Gasteiger partial charge on any atom is -0.337 e.